The molecule has 0 amide bonds. The normalized spacial score (nSPS) is 10.8. The summed E-state index contributed by atoms with van der Waals surface area (Å²) in [6, 6.07) is 0. The lowest BCUT2D eigenvalue weighted by molar-refractivity contribution is 0.707. The molecule has 6 heteroatoms. The van der Waals surface area contributed by atoms with Gasteiger partial charge in [-0.25, -0.2) is 4.98 Å². The number of thiazole rings is 2. The third kappa shape index (κ3) is 3.51. The Labute approximate surface area is 116 Å². The average molecular weight is 282 g/mol. The Balaban J connectivity index is 1.83. The highest BCUT2D eigenvalue weighted by Crippen LogP contribution is 2.22. The number of nitrogens with one attached hydrogen (secondary N) is 1. The second-order valence-electron chi connectivity index (χ2n) is 3.85. The van der Waals surface area contributed by atoms with E-state index in [1.807, 2.05) is 17.9 Å². The molecule has 4 nitrogen and oxygen atoms in total. The van der Waals surface area contributed by atoms with Crippen molar-refractivity contribution in [3.05, 3.63) is 27.7 Å². The van der Waals surface area contributed by atoms with Crippen molar-refractivity contribution in [2.45, 2.75) is 26.9 Å². The van der Waals surface area contributed by atoms with Gasteiger partial charge in [-0.05, 0) is 13.8 Å². The van der Waals surface area contributed by atoms with Crippen LogP contribution in [0, 0.1) is 0 Å². The first-order valence-corrected chi connectivity index (χ1v) is 7.80. The summed E-state index contributed by atoms with van der Waals surface area (Å²) in [6.45, 7) is 8.09. The minimum absolute atomic E-state index is 0.872. The predicted molar refractivity (Wildman–Crippen MR) is 78.3 cm³/mol. The van der Waals surface area contributed by atoms with Crippen LogP contribution in [0.5, 0.6) is 0 Å². The van der Waals surface area contributed by atoms with Gasteiger partial charge < -0.3 is 10.2 Å². The van der Waals surface area contributed by atoms with Crippen LogP contribution in [0.15, 0.2) is 17.9 Å². The van der Waals surface area contributed by atoms with Crippen LogP contribution in [-0.2, 0) is 13.1 Å². The summed E-state index contributed by atoms with van der Waals surface area (Å²) in [5.41, 5.74) is 1.86. The van der Waals surface area contributed by atoms with E-state index in [1.54, 1.807) is 22.7 Å². The van der Waals surface area contributed by atoms with Crippen LogP contribution in [0.2, 0.25) is 0 Å². The second kappa shape index (κ2) is 6.82. The zero-order valence-electron chi connectivity index (χ0n) is 10.7. The quantitative estimate of drug-likeness (QED) is 0.848. The van der Waals surface area contributed by atoms with E-state index in [0.29, 0.717) is 0 Å². The van der Waals surface area contributed by atoms with Crippen LogP contribution in [0.1, 0.15) is 23.6 Å². The van der Waals surface area contributed by atoms with Gasteiger partial charge in [-0.15, -0.1) is 22.7 Å². The summed E-state index contributed by atoms with van der Waals surface area (Å²) in [4.78, 5) is 13.3. The molecule has 0 aliphatic carbocycles. The zero-order valence-corrected chi connectivity index (χ0v) is 12.4. The van der Waals surface area contributed by atoms with E-state index in [4.69, 9.17) is 0 Å². The topological polar surface area (TPSA) is 41.1 Å². The molecule has 0 saturated heterocycles. The molecule has 0 aromatic carbocycles. The van der Waals surface area contributed by atoms with Gasteiger partial charge in [-0.3, -0.25) is 4.98 Å². The molecule has 2 aromatic rings. The molecule has 0 bridgehead atoms. The Bertz CT molecular complexity index is 448. The molecule has 2 heterocycles. The number of rotatable bonds is 7. The van der Waals surface area contributed by atoms with Crippen LogP contribution in [0.4, 0.5) is 5.13 Å². The van der Waals surface area contributed by atoms with Gasteiger partial charge in [0.15, 0.2) is 5.13 Å². The Hall–Kier alpha value is -0.980. The van der Waals surface area contributed by atoms with Gasteiger partial charge in [0.1, 0.15) is 0 Å². The average Bonchev–Trinajstić information content (AvgIpc) is 3.03. The Morgan fingerprint density at radius 1 is 1.17 bits per heavy atom. The van der Waals surface area contributed by atoms with Crippen LogP contribution in [0.3, 0.4) is 0 Å². The molecular weight excluding hydrogens is 264 g/mol. The van der Waals surface area contributed by atoms with E-state index in [0.717, 1.165) is 31.3 Å². The van der Waals surface area contributed by atoms with Crippen LogP contribution >= 0.6 is 22.7 Å². The molecule has 2 aromatic heterocycles. The molecule has 2 rings (SSSR count). The van der Waals surface area contributed by atoms with Crippen molar-refractivity contribution >= 4 is 27.8 Å². The minimum Gasteiger partial charge on any atom is -0.349 e. The molecule has 0 atom stereocenters. The number of hydrogen-bond acceptors (Lipinski definition) is 6. The first kappa shape index (κ1) is 13.5. The number of hydrogen-bond donors (Lipinski definition) is 1. The van der Waals surface area contributed by atoms with E-state index in [1.165, 1.54) is 9.75 Å². The Kier molecular flexibility index (Phi) is 5.10. The van der Waals surface area contributed by atoms with Crippen LogP contribution in [-0.4, -0.2) is 23.1 Å². The van der Waals surface area contributed by atoms with E-state index >= 15 is 0 Å². The third-order valence-corrected chi connectivity index (χ3v) is 4.49. The zero-order chi connectivity index (χ0) is 12.8. The fraction of sp³-hybridized carbons (Fsp3) is 0.500. The first-order chi connectivity index (χ1) is 8.83. The molecule has 0 saturated carbocycles. The summed E-state index contributed by atoms with van der Waals surface area (Å²) < 4.78 is 0. The molecule has 0 aliphatic rings. The number of anilines is 1. The minimum atomic E-state index is 0.872. The molecule has 0 unspecified atom stereocenters. The summed E-state index contributed by atoms with van der Waals surface area (Å²) >= 11 is 3.45. The fourth-order valence-corrected chi connectivity index (χ4v) is 3.23. The van der Waals surface area contributed by atoms with Crippen LogP contribution in [0.25, 0.3) is 0 Å². The van der Waals surface area contributed by atoms with Crippen molar-refractivity contribution in [2.75, 3.05) is 18.0 Å². The van der Waals surface area contributed by atoms with E-state index in [2.05, 4.69) is 34.0 Å². The van der Waals surface area contributed by atoms with Crippen molar-refractivity contribution in [2.24, 2.45) is 0 Å². The van der Waals surface area contributed by atoms with Crippen molar-refractivity contribution < 1.29 is 0 Å². The first-order valence-electron chi connectivity index (χ1n) is 6.11. The lowest BCUT2D eigenvalue weighted by Crippen LogP contribution is -2.21. The SMILES string of the molecule is CCN(CC)c1ncc(CNCc2cncs2)s1. The fourth-order valence-electron chi connectivity index (χ4n) is 1.66. The number of aromatic nitrogens is 2. The summed E-state index contributed by atoms with van der Waals surface area (Å²) in [5, 5.41) is 4.53. The molecule has 0 fully saturated rings. The van der Waals surface area contributed by atoms with E-state index < -0.39 is 0 Å². The van der Waals surface area contributed by atoms with Crippen LogP contribution < -0.4 is 10.2 Å². The van der Waals surface area contributed by atoms with Gasteiger partial charge in [-0.2, -0.15) is 0 Å². The molecule has 0 spiro atoms. The maximum atomic E-state index is 4.47. The van der Waals surface area contributed by atoms with Gasteiger partial charge in [0, 0.05) is 48.3 Å². The number of nitrogens with zero attached hydrogens (tertiary/aromatic N) is 3. The van der Waals surface area contributed by atoms with Gasteiger partial charge in [-0.1, -0.05) is 0 Å². The molecule has 0 aliphatic heterocycles. The van der Waals surface area contributed by atoms with Crippen molar-refractivity contribution in [3.63, 3.8) is 0 Å². The lowest BCUT2D eigenvalue weighted by atomic mass is 10.5. The second-order valence-corrected chi connectivity index (χ2v) is 5.92. The Morgan fingerprint density at radius 2 is 1.94 bits per heavy atom. The van der Waals surface area contributed by atoms with Crippen molar-refractivity contribution in [1.29, 1.82) is 0 Å². The highest BCUT2D eigenvalue weighted by atomic mass is 32.1. The smallest absolute Gasteiger partial charge is 0.185 e. The maximum Gasteiger partial charge on any atom is 0.185 e. The monoisotopic (exact) mass is 282 g/mol. The lowest BCUT2D eigenvalue weighted by Gasteiger charge is -2.16. The summed E-state index contributed by atoms with van der Waals surface area (Å²) in [5.74, 6) is 0. The Morgan fingerprint density at radius 3 is 2.61 bits per heavy atom. The van der Waals surface area contributed by atoms with E-state index in [-0.39, 0.29) is 0 Å². The summed E-state index contributed by atoms with van der Waals surface area (Å²) in [6.07, 6.45) is 3.88. The van der Waals surface area contributed by atoms with Crippen molar-refractivity contribution in [3.8, 4) is 0 Å². The molecule has 18 heavy (non-hydrogen) atoms. The third-order valence-electron chi connectivity index (χ3n) is 2.66. The van der Waals surface area contributed by atoms with Gasteiger partial charge in [0.05, 0.1) is 5.51 Å². The van der Waals surface area contributed by atoms with E-state index in [9.17, 15) is 0 Å². The van der Waals surface area contributed by atoms with Crippen molar-refractivity contribution in [1.82, 2.24) is 15.3 Å². The molecule has 1 N–H and O–H groups in total. The van der Waals surface area contributed by atoms with Gasteiger partial charge in [0.25, 0.3) is 0 Å². The molecule has 98 valence electrons. The predicted octanol–water partition coefficient (Wildman–Crippen LogP) is 2.74. The standard InChI is InChI=1S/C12H18N4S2/c1-3-16(4-2)12-15-8-11(18-12)7-13-5-10-6-14-9-17-10/h6,8-9,13H,3-5,7H2,1-2H3. The highest BCUT2D eigenvalue weighted by Gasteiger charge is 2.07. The largest absolute Gasteiger partial charge is 0.349 e. The van der Waals surface area contributed by atoms with Gasteiger partial charge in [0.2, 0.25) is 0 Å². The highest BCUT2D eigenvalue weighted by molar-refractivity contribution is 7.15. The van der Waals surface area contributed by atoms with Gasteiger partial charge >= 0.3 is 0 Å². The molecule has 0 radical (unpaired) electrons. The molecular formula is C12H18N4S2. The summed E-state index contributed by atoms with van der Waals surface area (Å²) in [7, 11) is 0. The maximum absolute atomic E-state index is 4.47.